The normalized spacial score (nSPS) is 11.2. The van der Waals surface area contributed by atoms with Crippen molar-refractivity contribution in [1.29, 1.82) is 0 Å². The number of carboxylic acid groups (broad SMARTS) is 1. The molecule has 6 heteroatoms. The summed E-state index contributed by atoms with van der Waals surface area (Å²) in [6.45, 7) is 9.21. The van der Waals surface area contributed by atoms with E-state index in [1.807, 2.05) is 31.2 Å². The highest BCUT2D eigenvalue weighted by molar-refractivity contribution is 5.87. The number of nitrogens with two attached hydrogens (primary N) is 1. The third kappa shape index (κ3) is 4.67. The van der Waals surface area contributed by atoms with Gasteiger partial charge in [-0.3, -0.25) is 10.6 Å². The summed E-state index contributed by atoms with van der Waals surface area (Å²) in [5, 5.41) is 9.81. The lowest BCUT2D eigenvalue weighted by Gasteiger charge is -2.07. The van der Waals surface area contributed by atoms with Gasteiger partial charge in [0.15, 0.2) is 0 Å². The number of hydrogen-bond donors (Lipinski definition) is 3. The summed E-state index contributed by atoms with van der Waals surface area (Å²) >= 11 is 0. The number of aromatic nitrogens is 1. The molecule has 6 nitrogen and oxygen atoms in total. The van der Waals surface area contributed by atoms with Crippen molar-refractivity contribution in [1.82, 2.24) is 9.99 Å². The first kappa shape index (κ1) is 19.6. The molecule has 4 N–H and O–H groups in total. The first-order valence-corrected chi connectivity index (χ1v) is 8.69. The van der Waals surface area contributed by atoms with Crippen molar-refractivity contribution in [2.75, 3.05) is 6.61 Å². The summed E-state index contributed by atoms with van der Waals surface area (Å²) in [7, 11) is 0. The summed E-state index contributed by atoms with van der Waals surface area (Å²) in [5.41, 5.74) is 6.81. The lowest BCUT2D eigenvalue weighted by molar-refractivity contribution is -0.137. The number of nitrogens with zero attached hydrogens (tertiary/aromatic N) is 1. The molecule has 0 fully saturated rings. The molecule has 0 bridgehead atoms. The van der Waals surface area contributed by atoms with Crippen LogP contribution in [0.2, 0.25) is 0 Å². The second-order valence-corrected chi connectivity index (χ2v) is 6.19. The van der Waals surface area contributed by atoms with Crippen molar-refractivity contribution in [3.8, 4) is 5.75 Å². The predicted molar refractivity (Wildman–Crippen MR) is 104 cm³/mol. The van der Waals surface area contributed by atoms with E-state index in [1.54, 1.807) is 0 Å². The van der Waals surface area contributed by atoms with Crippen LogP contribution in [0.15, 0.2) is 42.6 Å². The zero-order chi connectivity index (χ0) is 19.1. The fourth-order valence-electron chi connectivity index (χ4n) is 2.97. The van der Waals surface area contributed by atoms with Crippen LogP contribution < -0.4 is 16.0 Å². The van der Waals surface area contributed by atoms with E-state index in [-0.39, 0.29) is 6.42 Å². The van der Waals surface area contributed by atoms with Crippen molar-refractivity contribution in [3.63, 3.8) is 0 Å². The van der Waals surface area contributed by atoms with E-state index >= 15 is 0 Å². The minimum absolute atomic E-state index is 0.105. The standard InChI is InChI=1S/C20H27N3O3/c1-4-5-10-23-15(3)17(12-14(2)22-21)18-13-16(8-9-19(18)23)26-11-6-7-20(24)25/h4-5,8-9,13,22H,2,6-7,10-12,21H2,1,3H3,(H,24,25)/b5-4+. The van der Waals surface area contributed by atoms with Crippen LogP contribution in [-0.2, 0) is 17.8 Å². The lowest BCUT2D eigenvalue weighted by Crippen LogP contribution is -2.21. The minimum Gasteiger partial charge on any atom is -0.494 e. The van der Waals surface area contributed by atoms with Gasteiger partial charge < -0.3 is 19.8 Å². The van der Waals surface area contributed by atoms with E-state index in [9.17, 15) is 4.79 Å². The molecule has 0 aliphatic heterocycles. The first-order valence-electron chi connectivity index (χ1n) is 8.69. The highest BCUT2D eigenvalue weighted by Gasteiger charge is 2.15. The molecule has 2 rings (SSSR count). The Morgan fingerprint density at radius 1 is 1.46 bits per heavy atom. The highest BCUT2D eigenvalue weighted by Crippen LogP contribution is 2.31. The quantitative estimate of drug-likeness (QED) is 0.263. The van der Waals surface area contributed by atoms with Crippen LogP contribution in [0, 0.1) is 6.92 Å². The fraction of sp³-hybridized carbons (Fsp3) is 0.350. The predicted octanol–water partition coefficient (Wildman–Crippen LogP) is 3.29. The van der Waals surface area contributed by atoms with E-state index in [2.05, 4.69) is 29.6 Å². The molecule has 0 unspecified atom stereocenters. The lowest BCUT2D eigenvalue weighted by atomic mass is 10.1. The second-order valence-electron chi connectivity index (χ2n) is 6.19. The van der Waals surface area contributed by atoms with Gasteiger partial charge in [0.1, 0.15) is 5.75 Å². The monoisotopic (exact) mass is 357 g/mol. The average molecular weight is 357 g/mol. The van der Waals surface area contributed by atoms with Crippen molar-refractivity contribution >= 4 is 16.9 Å². The Bertz CT molecular complexity index is 821. The number of aliphatic carboxylic acids is 1. The molecule has 0 aliphatic rings. The molecule has 1 aromatic heterocycles. The smallest absolute Gasteiger partial charge is 0.303 e. The zero-order valence-corrected chi connectivity index (χ0v) is 15.4. The maximum absolute atomic E-state index is 10.6. The van der Waals surface area contributed by atoms with Crippen LogP contribution in [0.25, 0.3) is 10.9 Å². The Hall–Kier alpha value is -2.73. The van der Waals surface area contributed by atoms with Gasteiger partial charge in [-0.05, 0) is 44.0 Å². The Morgan fingerprint density at radius 3 is 2.88 bits per heavy atom. The van der Waals surface area contributed by atoms with E-state index in [0.29, 0.717) is 19.4 Å². The Labute approximate surface area is 153 Å². The summed E-state index contributed by atoms with van der Waals surface area (Å²) in [6, 6.07) is 5.98. The fourth-order valence-corrected chi connectivity index (χ4v) is 2.97. The van der Waals surface area contributed by atoms with Crippen molar-refractivity contribution < 1.29 is 14.6 Å². The van der Waals surface area contributed by atoms with Crippen LogP contribution in [0.1, 0.15) is 31.0 Å². The molecule has 1 heterocycles. The third-order valence-electron chi connectivity index (χ3n) is 4.35. The second kappa shape index (κ2) is 9.10. The van der Waals surface area contributed by atoms with Gasteiger partial charge in [-0.15, -0.1) is 0 Å². The molecule has 0 saturated carbocycles. The van der Waals surface area contributed by atoms with Gasteiger partial charge in [-0.25, -0.2) is 0 Å². The molecule has 0 radical (unpaired) electrons. The maximum atomic E-state index is 10.6. The van der Waals surface area contributed by atoms with E-state index in [4.69, 9.17) is 15.7 Å². The van der Waals surface area contributed by atoms with Gasteiger partial charge in [-0.2, -0.15) is 0 Å². The van der Waals surface area contributed by atoms with Crippen molar-refractivity contribution in [2.45, 2.75) is 39.7 Å². The van der Waals surface area contributed by atoms with Gasteiger partial charge in [-0.1, -0.05) is 18.7 Å². The zero-order valence-electron chi connectivity index (χ0n) is 15.4. The number of fused-ring (bicyclic) bond motifs is 1. The van der Waals surface area contributed by atoms with Crippen LogP contribution in [0.3, 0.4) is 0 Å². The molecule has 26 heavy (non-hydrogen) atoms. The number of ether oxygens (including phenoxy) is 1. The molecular formula is C20H27N3O3. The van der Waals surface area contributed by atoms with E-state index < -0.39 is 5.97 Å². The highest BCUT2D eigenvalue weighted by atomic mass is 16.5. The maximum Gasteiger partial charge on any atom is 0.303 e. The van der Waals surface area contributed by atoms with Crippen LogP contribution in [0.5, 0.6) is 5.75 Å². The van der Waals surface area contributed by atoms with Crippen LogP contribution in [-0.4, -0.2) is 22.2 Å². The largest absolute Gasteiger partial charge is 0.494 e. The first-order chi connectivity index (χ1) is 12.5. The van der Waals surface area contributed by atoms with Gasteiger partial charge in [0.05, 0.1) is 6.61 Å². The number of carboxylic acids is 1. The average Bonchev–Trinajstić information content (AvgIpc) is 2.88. The molecule has 0 aliphatic carbocycles. The summed E-state index contributed by atoms with van der Waals surface area (Å²) < 4.78 is 7.98. The van der Waals surface area contributed by atoms with E-state index in [0.717, 1.165) is 40.2 Å². The third-order valence-corrected chi connectivity index (χ3v) is 4.35. The van der Waals surface area contributed by atoms with Gasteiger partial charge in [0.2, 0.25) is 0 Å². The Morgan fingerprint density at radius 2 is 2.23 bits per heavy atom. The van der Waals surface area contributed by atoms with Gasteiger partial charge in [0.25, 0.3) is 0 Å². The molecule has 0 spiro atoms. The number of hydrogen-bond acceptors (Lipinski definition) is 4. The summed E-state index contributed by atoms with van der Waals surface area (Å²) in [5.74, 6) is 5.42. The van der Waals surface area contributed by atoms with Gasteiger partial charge in [0, 0.05) is 41.7 Å². The van der Waals surface area contributed by atoms with Crippen LogP contribution in [0.4, 0.5) is 0 Å². The SMILES string of the molecule is C=C(Cc1c(C)n(C/C=C/C)c2ccc(OCCCC(=O)O)cc12)NN. The Kier molecular flexibility index (Phi) is 6.86. The van der Waals surface area contributed by atoms with Gasteiger partial charge >= 0.3 is 5.97 Å². The number of allylic oxidation sites excluding steroid dienone is 3. The molecular weight excluding hydrogens is 330 g/mol. The molecule has 2 aromatic rings. The molecule has 0 saturated heterocycles. The van der Waals surface area contributed by atoms with Crippen molar-refractivity contribution in [3.05, 3.63) is 53.9 Å². The summed E-state index contributed by atoms with van der Waals surface area (Å²) in [6.07, 6.45) is 5.36. The minimum atomic E-state index is -0.809. The molecule has 0 amide bonds. The molecule has 0 atom stereocenters. The number of nitrogens with one attached hydrogen (secondary N) is 1. The van der Waals surface area contributed by atoms with Crippen LogP contribution >= 0.6 is 0 Å². The molecule has 1 aromatic carbocycles. The van der Waals surface area contributed by atoms with Crippen molar-refractivity contribution in [2.24, 2.45) is 5.84 Å². The topological polar surface area (TPSA) is 89.5 Å². The van der Waals surface area contributed by atoms with E-state index in [1.165, 1.54) is 0 Å². The Balaban J connectivity index is 2.35. The number of benzene rings is 1. The number of carbonyl (C=O) groups is 1. The number of hydrazine groups is 1. The number of rotatable bonds is 10. The summed E-state index contributed by atoms with van der Waals surface area (Å²) in [4.78, 5) is 10.6. The molecule has 140 valence electrons.